The Kier molecular flexibility index (Phi) is 27.9. The van der Waals surface area contributed by atoms with Crippen LogP contribution in [0.2, 0.25) is 0 Å². The van der Waals surface area contributed by atoms with E-state index in [0.29, 0.717) is 52.7 Å². The van der Waals surface area contributed by atoms with E-state index < -0.39 is 125 Å². The summed E-state index contributed by atoms with van der Waals surface area (Å²) in [6.07, 6.45) is 3.95. The van der Waals surface area contributed by atoms with E-state index >= 15 is 14.4 Å². The van der Waals surface area contributed by atoms with E-state index in [-0.39, 0.29) is 70.4 Å². The first-order valence-electron chi connectivity index (χ1n) is 32.0. The van der Waals surface area contributed by atoms with Crippen molar-refractivity contribution < 1.29 is 53.1 Å². The lowest BCUT2D eigenvalue weighted by Gasteiger charge is -2.34. The Labute approximate surface area is 561 Å². The smallest absolute Gasteiger partial charge is 0.246 e. The minimum absolute atomic E-state index is 0.0314. The van der Waals surface area contributed by atoms with Crippen LogP contribution in [-0.4, -0.2) is 187 Å². The highest BCUT2D eigenvalue weighted by atomic mass is 32.2. The molecule has 29 heteroatoms. The first kappa shape index (κ1) is 73.5. The molecule has 95 heavy (non-hydrogen) atoms. The van der Waals surface area contributed by atoms with Crippen molar-refractivity contribution in [1.82, 2.24) is 62.0 Å². The third-order valence-electron chi connectivity index (χ3n) is 17.1. The number of hydrogen-bond donors (Lipinski definition) is 13. The lowest BCUT2D eigenvalue weighted by molar-refractivity contribution is -0.145. The molecule has 0 spiro atoms. The molecular formula is C66H90N16O11S2. The van der Waals surface area contributed by atoms with Gasteiger partial charge in [0.1, 0.15) is 54.4 Å². The molecule has 1 saturated heterocycles. The summed E-state index contributed by atoms with van der Waals surface area (Å²) in [6.45, 7) is 6.31. The van der Waals surface area contributed by atoms with Crippen LogP contribution in [0.1, 0.15) is 101 Å². The minimum Gasteiger partial charge on any atom is -0.391 e. The number of nitrogens with zero attached hydrogens (tertiary/aromatic N) is 4. The third kappa shape index (κ3) is 21.3. The van der Waals surface area contributed by atoms with E-state index in [2.05, 4.69) is 57.2 Å². The topological polar surface area (TPSA) is 417 Å². The van der Waals surface area contributed by atoms with E-state index in [1.165, 1.54) is 61.8 Å². The monoisotopic (exact) mass is 1350 g/mol. The number of thioether (sulfide) groups is 2. The van der Waals surface area contributed by atoms with Crippen molar-refractivity contribution in [1.29, 1.82) is 0 Å². The van der Waals surface area contributed by atoms with Crippen LogP contribution in [0.4, 0.5) is 0 Å². The Morgan fingerprint density at radius 2 is 1.34 bits per heavy atom. The van der Waals surface area contributed by atoms with Gasteiger partial charge >= 0.3 is 0 Å². The van der Waals surface area contributed by atoms with Gasteiger partial charge in [0, 0.05) is 86.8 Å². The van der Waals surface area contributed by atoms with Crippen molar-refractivity contribution in [2.45, 2.75) is 164 Å². The number of guanidine groups is 1. The van der Waals surface area contributed by atoms with Crippen molar-refractivity contribution in [3.05, 3.63) is 126 Å². The lowest BCUT2D eigenvalue weighted by Crippen LogP contribution is -2.62. The van der Waals surface area contributed by atoms with E-state index in [9.17, 15) is 38.7 Å². The summed E-state index contributed by atoms with van der Waals surface area (Å²) >= 11 is 3.01. The maximum Gasteiger partial charge on any atom is 0.246 e. The molecule has 7 rings (SSSR count). The molecule has 2 aromatic heterocycles. The van der Waals surface area contributed by atoms with Gasteiger partial charge in [-0.05, 0) is 91.2 Å². The zero-order valence-corrected chi connectivity index (χ0v) is 55.9. The molecule has 11 atom stereocenters. The Morgan fingerprint density at radius 1 is 0.705 bits per heavy atom. The molecule has 10 amide bonds. The average molecular weight is 1350 g/mol. The van der Waals surface area contributed by atoms with Crippen LogP contribution in [-0.2, 0) is 78.7 Å². The minimum atomic E-state index is -1.66. The number of para-hydroxylation sites is 1. The second-order valence-corrected chi connectivity index (χ2v) is 26.3. The number of H-pyrrole nitrogens is 2. The number of aliphatic hydroxyl groups is 1. The van der Waals surface area contributed by atoms with Gasteiger partial charge in [-0.25, -0.2) is 4.98 Å². The number of fused-ring (bicyclic) bond motifs is 3. The van der Waals surface area contributed by atoms with Gasteiger partial charge in [0.2, 0.25) is 59.1 Å². The zero-order chi connectivity index (χ0) is 68.7. The fourth-order valence-electron chi connectivity index (χ4n) is 11.6. The predicted octanol–water partition coefficient (Wildman–Crippen LogP) is 1.08. The van der Waals surface area contributed by atoms with Crippen molar-refractivity contribution >= 4 is 99.5 Å². The number of amides is 10. The van der Waals surface area contributed by atoms with Crippen LogP contribution in [0.25, 0.3) is 10.9 Å². The Bertz CT molecular complexity index is 3480. The highest BCUT2D eigenvalue weighted by molar-refractivity contribution is 7.98. The summed E-state index contributed by atoms with van der Waals surface area (Å²) in [5.41, 5.74) is 21.7. The van der Waals surface area contributed by atoms with Gasteiger partial charge in [0.25, 0.3) is 0 Å². The van der Waals surface area contributed by atoms with Crippen LogP contribution in [0.5, 0.6) is 0 Å². The van der Waals surface area contributed by atoms with Crippen LogP contribution in [0.15, 0.2) is 103 Å². The summed E-state index contributed by atoms with van der Waals surface area (Å²) in [4.78, 5) is 161. The Morgan fingerprint density at radius 3 is 1.99 bits per heavy atom. The molecule has 5 aromatic rings. The number of benzene rings is 3. The molecule has 2 aliphatic heterocycles. The Hall–Kier alpha value is -8.96. The number of likely N-dealkylation sites (N-methyl/N-ethyl adjacent to an activating group) is 1. The average Bonchev–Trinajstić information content (AvgIpc) is 1.73. The van der Waals surface area contributed by atoms with Gasteiger partial charge in [0.15, 0.2) is 5.96 Å². The standard InChI is InChI=1S/C66H90N16O11S2/c1-6-38(2)55-62(90)75-48(57(67)85)24-28-94-35-42-18-10-11-19-43(42)36-95-29-25-49(74-40(4)84)58(86)80-56(39(3)83)63(91)76-50(32-45-34-70-37-73-45)59(87)77-51(30-41-16-8-7-9-17-41)64(92)81(5)53(22-14-26-71-66(68)69)60(88)78-52(31-44-33-72-47-21-13-12-20-46(44)47)65(93)82-27-15-23-54(82)61(89)79-55/h7-13,16-21,33-34,37-39,48-56,72,83H,6,14-15,22-32,35-36H2,1-5H3,(H2,67,85)(H,70,73)(H,74,84)(H,75,90)(H,76,91)(H,77,87)(H,78,88)(H,79,89)(H,80,86)(H4,68,69,71)/t38-,39+,48+,49+,50-,51-,52-,53-,54-,55-,56-/m0/s1. The summed E-state index contributed by atoms with van der Waals surface area (Å²) in [7, 11) is 1.38. The predicted molar refractivity (Wildman–Crippen MR) is 363 cm³/mol. The number of aliphatic hydroxyl groups excluding tert-OH is 1. The maximum absolute atomic E-state index is 15.4. The van der Waals surface area contributed by atoms with Gasteiger partial charge in [-0.3, -0.25) is 52.9 Å². The summed E-state index contributed by atoms with van der Waals surface area (Å²) in [6, 6.07) is 12.0. The number of imidazole rings is 1. The number of nitrogens with one attached hydrogen (secondary N) is 9. The van der Waals surface area contributed by atoms with E-state index in [1.54, 1.807) is 43.5 Å². The molecule has 0 saturated carbocycles. The largest absolute Gasteiger partial charge is 0.391 e. The molecule has 0 aliphatic carbocycles. The quantitative estimate of drug-likeness (QED) is 0.0396. The maximum atomic E-state index is 15.4. The molecule has 0 radical (unpaired) electrons. The van der Waals surface area contributed by atoms with Crippen molar-refractivity contribution in [3.63, 3.8) is 0 Å². The van der Waals surface area contributed by atoms with Crippen LogP contribution in [0.3, 0.4) is 0 Å². The molecular weight excluding hydrogens is 1260 g/mol. The second kappa shape index (κ2) is 36.1. The third-order valence-corrected chi connectivity index (χ3v) is 19.1. The molecule has 1 fully saturated rings. The fourth-order valence-corrected chi connectivity index (χ4v) is 13.7. The molecule has 0 unspecified atom stereocenters. The van der Waals surface area contributed by atoms with Gasteiger partial charge in [-0.2, -0.15) is 23.5 Å². The van der Waals surface area contributed by atoms with Gasteiger partial charge in [-0.1, -0.05) is 93.1 Å². The number of carbonyl (C=O) groups excluding carboxylic acids is 10. The molecule has 3 aromatic carbocycles. The van der Waals surface area contributed by atoms with Crippen molar-refractivity contribution in [2.24, 2.45) is 28.1 Å². The summed E-state index contributed by atoms with van der Waals surface area (Å²) in [5, 5.41) is 31.3. The van der Waals surface area contributed by atoms with Gasteiger partial charge < -0.3 is 79.3 Å². The lowest BCUT2D eigenvalue weighted by atomic mass is 9.97. The SMILES string of the molecule is CC[C@H](C)[C@@H]1NC(=O)[C@@H]2CCCN2C(=O)[C@H](Cc2c[nH]c3ccccc23)NC(=O)[C@H](CCCN=C(N)N)N(C)C(=O)[C@H](Cc2ccccc2)NC(=O)[C@H](Cc2cnc[nH]2)NC(=O)[C@H]([C@@H](C)O)NC(=O)[C@H](NC(C)=O)CCSCc2ccccc2CSCC[C@H](C(N)=O)NC1=O. The number of rotatable bonds is 15. The molecule has 2 aliphatic rings. The first-order chi connectivity index (χ1) is 45.5. The van der Waals surface area contributed by atoms with E-state index in [4.69, 9.17) is 17.2 Å². The normalized spacial score (nSPS) is 24.0. The number of aliphatic imine (C=N–C) groups is 1. The van der Waals surface area contributed by atoms with Crippen LogP contribution in [0, 0.1) is 5.92 Å². The molecule has 4 heterocycles. The highest BCUT2D eigenvalue weighted by Crippen LogP contribution is 2.26. The van der Waals surface area contributed by atoms with Gasteiger partial charge in [-0.15, -0.1) is 0 Å². The second-order valence-electron chi connectivity index (χ2n) is 24.1. The van der Waals surface area contributed by atoms with E-state index in [1.807, 2.05) is 55.5 Å². The van der Waals surface area contributed by atoms with Gasteiger partial charge in [0.05, 0.1) is 12.4 Å². The molecule has 16 N–H and O–H groups in total. The van der Waals surface area contributed by atoms with Crippen molar-refractivity contribution in [2.75, 3.05) is 31.6 Å². The number of carbonyl (C=O) groups is 10. The van der Waals surface area contributed by atoms with Crippen LogP contribution < -0.4 is 54.4 Å². The number of nitrogens with two attached hydrogens (primary N) is 3. The summed E-state index contributed by atoms with van der Waals surface area (Å²) < 4.78 is 0. The van der Waals surface area contributed by atoms with Crippen LogP contribution >= 0.6 is 23.5 Å². The van der Waals surface area contributed by atoms with E-state index in [0.717, 1.165) is 26.9 Å². The zero-order valence-electron chi connectivity index (χ0n) is 54.3. The molecule has 0 bridgehead atoms. The number of primary amides is 1. The fraction of sp³-hybridized carbons (Fsp3) is 0.485. The summed E-state index contributed by atoms with van der Waals surface area (Å²) in [5.74, 6) is -6.20. The first-order valence-corrected chi connectivity index (χ1v) is 34.3. The molecule has 512 valence electrons. The molecule has 27 nitrogen and oxygen atoms in total. The van der Waals surface area contributed by atoms with Crippen molar-refractivity contribution in [3.8, 4) is 0 Å². The number of aromatic nitrogens is 3. The highest BCUT2D eigenvalue weighted by Gasteiger charge is 2.42. The number of aromatic amines is 2. The Balaban J connectivity index is 1.27. The number of hydrogen-bond acceptors (Lipinski definition) is 15.